The summed E-state index contributed by atoms with van der Waals surface area (Å²) in [4.78, 5) is 79.9. The van der Waals surface area contributed by atoms with Crippen molar-refractivity contribution in [2.75, 3.05) is 28.2 Å². The first kappa shape index (κ1) is 70.5. The van der Waals surface area contributed by atoms with Crippen molar-refractivity contribution in [2.24, 2.45) is 0 Å². The van der Waals surface area contributed by atoms with E-state index in [0.717, 1.165) is 11.4 Å². The number of benzene rings is 6. The molecule has 4 heterocycles. The average molecular weight is 1380 g/mol. The summed E-state index contributed by atoms with van der Waals surface area (Å²) < 4.78 is 24.0. The second-order valence-electron chi connectivity index (χ2n) is 21.1. The van der Waals surface area contributed by atoms with Crippen LogP contribution in [-0.2, 0) is 22.1 Å². The number of pyridine rings is 4. The van der Waals surface area contributed by atoms with Crippen molar-refractivity contribution in [1.82, 2.24) is 30.6 Å². The molecule has 0 fully saturated rings. The summed E-state index contributed by atoms with van der Waals surface area (Å²) in [5, 5.41) is 34.2. The van der Waals surface area contributed by atoms with Gasteiger partial charge in [-0.25, -0.2) is 8.42 Å². The fraction of sp³-hybridized carbons (Fsp3) is 0.129. The van der Waals surface area contributed by atoms with Gasteiger partial charge in [0.2, 0.25) is 0 Å². The Morgan fingerprint density at radius 1 is 0.447 bits per heavy atom. The van der Waals surface area contributed by atoms with E-state index < -0.39 is 33.9 Å². The molecule has 10 rings (SSSR count). The molecule has 480 valence electrons. The average Bonchev–Trinajstić information content (AvgIpc) is 0.987. The minimum Gasteiger partial charge on any atom is -0.392 e. The van der Waals surface area contributed by atoms with Gasteiger partial charge in [0.15, 0.2) is 9.84 Å². The van der Waals surface area contributed by atoms with Crippen LogP contribution in [0.2, 0.25) is 25.1 Å². The first-order chi connectivity index (χ1) is 45.0. The number of carbonyl (C=O) groups excluding carboxylic acids is 5. The Balaban J connectivity index is 0.000000181. The van der Waals surface area contributed by atoms with Crippen LogP contribution in [0, 0.1) is 6.92 Å². The number of carbonyl (C=O) groups is 5. The second-order valence-corrected chi connectivity index (χ2v) is 25.2. The van der Waals surface area contributed by atoms with Gasteiger partial charge in [-0.15, -0.1) is 0 Å². The molecule has 5 amide bonds. The van der Waals surface area contributed by atoms with Crippen LogP contribution in [0.1, 0.15) is 82.6 Å². The Morgan fingerprint density at radius 3 is 1.27 bits per heavy atom. The third kappa shape index (κ3) is 20.5. The first-order valence-corrected chi connectivity index (χ1v) is 32.5. The molecule has 0 bridgehead atoms. The van der Waals surface area contributed by atoms with E-state index >= 15 is 0 Å². The second kappa shape index (κ2) is 33.4. The van der Waals surface area contributed by atoms with E-state index in [0.29, 0.717) is 88.2 Å². The molecule has 24 heteroatoms. The number of aryl methyl sites for hydroxylation is 1. The number of aliphatic hydroxyl groups excluding tert-OH is 2. The highest BCUT2D eigenvalue weighted by molar-refractivity contribution is 7.90. The van der Waals surface area contributed by atoms with Crippen molar-refractivity contribution >= 4 is 114 Å². The number of sulfone groups is 1. The SMILES string of the molecule is CC(O)CS(=O)(=O)Cc1ccc(C(=O)Nc2ccc(Cl)c(-c3ccccn3)c2)cc1.C[C@@H](O)CNC(=O)c1ccc(C(=O)Nc2ccc(Cl)c(-c3ccccn3)c2)c(Cl)c1.Cc1cccc(CNC(=O)c2ccc(C(=O)Nc3ccc(Cl)c(-c4ccccn4)c3)c(Cl)c2)n1. The van der Waals surface area contributed by atoms with E-state index in [-0.39, 0.29) is 63.5 Å². The number of halogens is 5. The van der Waals surface area contributed by atoms with Crippen LogP contribution in [0.25, 0.3) is 33.8 Å². The highest BCUT2D eigenvalue weighted by Gasteiger charge is 2.20. The van der Waals surface area contributed by atoms with Crippen molar-refractivity contribution in [3.05, 3.63) is 277 Å². The standard InChI is InChI=1S/C26H20Cl2N4O2.C22H19Cl2N3O3.C22H21ClN2O4S/c1-16-5-4-6-19(31-16)15-30-25(33)17-8-10-20(23(28)13-17)26(34)32-18-9-11-22(27)21(14-18)24-7-2-3-12-29-24;1-13(28)12-26-21(29)14-5-7-16(19(24)10-14)22(30)27-15-6-8-18(23)17(11-15)20-4-2-3-9-25-20;1-15(26)13-30(28,29)14-16-5-7-17(8-6-16)22(27)25-18-9-10-20(23)19(12-18)21-4-2-3-11-24-21/h2-14H,15H2,1H3,(H,30,33)(H,32,34);2-11,13,28H,12H2,1H3,(H,26,29)(H,27,30);2-12,15,26H,13-14H2,1H3,(H,25,27)/t;13-;/m.1./s1. The Labute approximate surface area is 567 Å². The van der Waals surface area contributed by atoms with E-state index in [2.05, 4.69) is 46.5 Å². The third-order valence-corrected chi connectivity index (χ3v) is 16.9. The van der Waals surface area contributed by atoms with Gasteiger partial charge in [-0.3, -0.25) is 43.9 Å². The summed E-state index contributed by atoms with van der Waals surface area (Å²) in [5.74, 6) is -2.35. The van der Waals surface area contributed by atoms with E-state index in [1.54, 1.807) is 117 Å². The number of aliphatic hydroxyl groups is 2. The lowest BCUT2D eigenvalue weighted by atomic mass is 10.1. The smallest absolute Gasteiger partial charge is 0.257 e. The van der Waals surface area contributed by atoms with Crippen LogP contribution < -0.4 is 26.6 Å². The summed E-state index contributed by atoms with van der Waals surface area (Å²) in [7, 11) is -3.42. The molecule has 18 nitrogen and oxygen atoms in total. The van der Waals surface area contributed by atoms with E-state index in [1.165, 1.54) is 37.3 Å². The normalized spacial score (nSPS) is 11.5. The van der Waals surface area contributed by atoms with Crippen molar-refractivity contribution in [1.29, 1.82) is 0 Å². The predicted octanol–water partition coefficient (Wildman–Crippen LogP) is 14.3. The van der Waals surface area contributed by atoms with Crippen molar-refractivity contribution in [3.8, 4) is 33.8 Å². The minimum atomic E-state index is -3.42. The maximum absolute atomic E-state index is 12.8. The van der Waals surface area contributed by atoms with Gasteiger partial charge in [0.25, 0.3) is 29.5 Å². The molecule has 1 unspecified atom stereocenters. The molecular weight excluding hydrogens is 1320 g/mol. The lowest BCUT2D eigenvalue weighted by molar-refractivity contribution is 0.0921. The van der Waals surface area contributed by atoms with Crippen LogP contribution in [-0.4, -0.2) is 92.6 Å². The maximum atomic E-state index is 12.8. The Bertz CT molecular complexity index is 4460. The van der Waals surface area contributed by atoms with Crippen LogP contribution in [0.15, 0.2) is 207 Å². The number of nitrogens with one attached hydrogen (secondary N) is 5. The minimum absolute atomic E-state index is 0.119. The van der Waals surface area contributed by atoms with Crippen LogP contribution >= 0.6 is 58.0 Å². The Kier molecular flexibility index (Phi) is 25.1. The van der Waals surface area contributed by atoms with Gasteiger partial charge in [0.1, 0.15) is 0 Å². The lowest BCUT2D eigenvalue weighted by Crippen LogP contribution is -2.30. The number of nitrogens with zero attached hydrogens (tertiary/aromatic N) is 4. The van der Waals surface area contributed by atoms with Crippen LogP contribution in [0.5, 0.6) is 0 Å². The molecule has 4 aromatic heterocycles. The summed E-state index contributed by atoms with van der Waals surface area (Å²) in [5.41, 5.74) is 9.46. The maximum Gasteiger partial charge on any atom is 0.257 e. The van der Waals surface area contributed by atoms with E-state index in [9.17, 15) is 42.6 Å². The molecular formula is C70H60Cl5N9O9S. The molecule has 0 saturated heterocycles. The number of hydrogen-bond acceptors (Lipinski definition) is 13. The quantitative estimate of drug-likeness (QED) is 0.0397. The summed E-state index contributed by atoms with van der Waals surface area (Å²) in [6, 6.07) is 52.7. The van der Waals surface area contributed by atoms with Gasteiger partial charge in [0.05, 0.1) is 89.3 Å². The van der Waals surface area contributed by atoms with E-state index in [4.69, 9.17) is 58.0 Å². The fourth-order valence-electron chi connectivity index (χ4n) is 8.99. The zero-order valence-corrected chi connectivity index (χ0v) is 55.0. The molecule has 0 spiro atoms. The number of hydrogen-bond donors (Lipinski definition) is 7. The van der Waals surface area contributed by atoms with E-state index in [1.807, 2.05) is 73.7 Å². The van der Waals surface area contributed by atoms with Gasteiger partial charge >= 0.3 is 0 Å². The first-order valence-electron chi connectivity index (χ1n) is 28.8. The molecule has 94 heavy (non-hydrogen) atoms. The van der Waals surface area contributed by atoms with Crippen molar-refractivity contribution in [2.45, 2.75) is 45.3 Å². The highest BCUT2D eigenvalue weighted by Crippen LogP contribution is 2.33. The molecule has 0 radical (unpaired) electrons. The Hall–Kier alpha value is -9.41. The number of anilines is 3. The summed E-state index contributed by atoms with van der Waals surface area (Å²) >= 11 is 31.4. The van der Waals surface area contributed by atoms with Crippen molar-refractivity contribution in [3.63, 3.8) is 0 Å². The van der Waals surface area contributed by atoms with Crippen LogP contribution in [0.4, 0.5) is 17.1 Å². The predicted molar refractivity (Wildman–Crippen MR) is 371 cm³/mol. The molecule has 7 N–H and O–H groups in total. The van der Waals surface area contributed by atoms with Gasteiger partial charge in [-0.05, 0) is 178 Å². The number of rotatable bonds is 19. The zero-order valence-electron chi connectivity index (χ0n) is 50.5. The van der Waals surface area contributed by atoms with Gasteiger partial charge in [-0.2, -0.15) is 0 Å². The lowest BCUT2D eigenvalue weighted by Gasteiger charge is -2.11. The molecule has 0 aliphatic rings. The zero-order chi connectivity index (χ0) is 67.5. The number of amides is 5. The molecule has 2 atom stereocenters. The highest BCUT2D eigenvalue weighted by atomic mass is 35.5. The fourth-order valence-corrected chi connectivity index (χ4v) is 11.7. The molecule has 0 aliphatic carbocycles. The van der Waals surface area contributed by atoms with Gasteiger partial charge in [-0.1, -0.05) is 94.4 Å². The molecule has 0 aliphatic heterocycles. The van der Waals surface area contributed by atoms with Gasteiger partial charge < -0.3 is 36.8 Å². The molecule has 0 saturated carbocycles. The Morgan fingerprint density at radius 2 is 0.872 bits per heavy atom. The van der Waals surface area contributed by atoms with Crippen LogP contribution in [0.3, 0.4) is 0 Å². The van der Waals surface area contributed by atoms with Gasteiger partial charge in [0, 0.05) is 81.3 Å². The molecule has 10 aromatic rings. The largest absolute Gasteiger partial charge is 0.392 e. The number of aromatic nitrogens is 4. The monoisotopic (exact) mass is 1380 g/mol. The van der Waals surface area contributed by atoms with Crippen molar-refractivity contribution < 1.29 is 42.6 Å². The summed E-state index contributed by atoms with van der Waals surface area (Å²) in [6.07, 6.45) is 3.42. The topological polar surface area (TPSA) is 272 Å². The third-order valence-electron chi connectivity index (χ3n) is 13.5. The molecule has 6 aromatic carbocycles. The summed E-state index contributed by atoms with van der Waals surface area (Å²) in [6.45, 7) is 5.29.